The van der Waals surface area contributed by atoms with Gasteiger partial charge in [-0.2, -0.15) is 0 Å². The van der Waals surface area contributed by atoms with E-state index in [4.69, 9.17) is 9.15 Å². The van der Waals surface area contributed by atoms with Gasteiger partial charge in [-0.05, 0) is 74.7 Å². The first-order chi connectivity index (χ1) is 27.0. The summed E-state index contributed by atoms with van der Waals surface area (Å²) >= 11 is 0. The lowest BCUT2D eigenvalue weighted by Crippen LogP contribution is -2.47. The molecule has 0 saturated heterocycles. The van der Waals surface area contributed by atoms with Crippen LogP contribution in [0.2, 0.25) is 0 Å². The number of aliphatic hydroxyl groups is 1. The largest absolute Gasteiger partial charge is 0.506 e. The molecule has 1 saturated carbocycles. The van der Waals surface area contributed by atoms with Crippen LogP contribution in [-0.2, 0) is 28.8 Å². The number of phenols is 1. The van der Waals surface area contributed by atoms with Gasteiger partial charge in [-0.1, -0.05) is 67.8 Å². The molecule has 1 aliphatic heterocycles. The van der Waals surface area contributed by atoms with Crippen LogP contribution < -0.4 is 21.4 Å². The van der Waals surface area contributed by atoms with E-state index in [2.05, 4.69) is 28.3 Å². The van der Waals surface area contributed by atoms with Crippen LogP contribution in [0.15, 0.2) is 98.9 Å². The summed E-state index contributed by atoms with van der Waals surface area (Å²) in [6.45, 7) is 3.52. The number of aromatic hydroxyl groups is 1. The molecule has 2 aromatic heterocycles. The topological polar surface area (TPSA) is 170 Å². The summed E-state index contributed by atoms with van der Waals surface area (Å²) in [4.78, 5) is 42.8. The zero-order valence-corrected chi connectivity index (χ0v) is 31.5. The van der Waals surface area contributed by atoms with Crippen molar-refractivity contribution in [2.45, 2.75) is 75.6 Å². The molecule has 1 fully saturated rings. The highest BCUT2D eigenvalue weighted by Crippen LogP contribution is 2.54. The second-order valence-corrected chi connectivity index (χ2v) is 15.3. The zero-order chi connectivity index (χ0) is 39.2. The molecule has 56 heavy (non-hydrogen) atoms. The van der Waals surface area contributed by atoms with Crippen LogP contribution in [0.3, 0.4) is 0 Å². The summed E-state index contributed by atoms with van der Waals surface area (Å²) < 4.78 is 14.0. The summed E-state index contributed by atoms with van der Waals surface area (Å²) in [6, 6.07) is 25.0. The van der Waals surface area contributed by atoms with Gasteiger partial charge < -0.3 is 34.8 Å². The van der Waals surface area contributed by atoms with Crippen LogP contribution in [0.4, 0.5) is 0 Å². The number of H-pyrrole nitrogens is 1. The fraction of sp³-hybridized carbons (Fsp3) is 0.341. The number of aryl methyl sites for hydroxylation is 1. The summed E-state index contributed by atoms with van der Waals surface area (Å²) in [5.41, 5.74) is 3.24. The Kier molecular flexibility index (Phi) is 9.81. The first kappa shape index (κ1) is 37.2. The van der Waals surface area contributed by atoms with Gasteiger partial charge in [-0.15, -0.1) is 0 Å². The molecule has 3 heterocycles. The van der Waals surface area contributed by atoms with Crippen molar-refractivity contribution in [1.82, 2.24) is 19.8 Å². The number of aromatic nitrogens is 2. The SMILES string of the molecule is CN(CCCn1c(=O)oc2cc(CNC[C@H](O)c3ccc(O)c4[nH]c(=O)ccc34)ccc21)C1(c2cccc3c2Oc2ccccc2C3(C)C(=O)O)CCCCC1. The van der Waals surface area contributed by atoms with E-state index in [1.165, 1.54) is 12.1 Å². The lowest BCUT2D eigenvalue weighted by atomic mass is 9.69. The summed E-state index contributed by atoms with van der Waals surface area (Å²) in [6.07, 6.45) is 4.80. The number of benzene rings is 4. The van der Waals surface area contributed by atoms with Crippen molar-refractivity contribution in [3.63, 3.8) is 0 Å². The number of oxazole rings is 1. The molecular formula is C44H46N4O8. The van der Waals surface area contributed by atoms with Gasteiger partial charge in [0.05, 0.1) is 17.1 Å². The third kappa shape index (κ3) is 6.37. The Morgan fingerprint density at radius 3 is 2.54 bits per heavy atom. The van der Waals surface area contributed by atoms with E-state index < -0.39 is 23.2 Å². The Morgan fingerprint density at radius 2 is 1.73 bits per heavy atom. The molecule has 290 valence electrons. The lowest BCUT2D eigenvalue weighted by molar-refractivity contribution is -0.141. The van der Waals surface area contributed by atoms with Gasteiger partial charge in [0.1, 0.15) is 22.7 Å². The number of aliphatic carboxylic acids is 1. The van der Waals surface area contributed by atoms with Gasteiger partial charge in [0.25, 0.3) is 0 Å². The second-order valence-electron chi connectivity index (χ2n) is 15.3. The van der Waals surface area contributed by atoms with Crippen molar-refractivity contribution in [2.75, 3.05) is 20.1 Å². The highest BCUT2D eigenvalue weighted by atomic mass is 16.5. The smallest absolute Gasteiger partial charge is 0.419 e. The van der Waals surface area contributed by atoms with E-state index >= 15 is 0 Å². The minimum Gasteiger partial charge on any atom is -0.506 e. The molecule has 6 aromatic rings. The summed E-state index contributed by atoms with van der Waals surface area (Å²) in [7, 11) is 2.12. The van der Waals surface area contributed by atoms with E-state index in [1.807, 2.05) is 54.6 Å². The first-order valence-electron chi connectivity index (χ1n) is 19.2. The van der Waals surface area contributed by atoms with Crippen LogP contribution >= 0.6 is 0 Å². The molecule has 2 aliphatic rings. The van der Waals surface area contributed by atoms with Gasteiger partial charge in [-0.3, -0.25) is 19.1 Å². The Bertz CT molecular complexity index is 2570. The molecule has 0 spiro atoms. The van der Waals surface area contributed by atoms with Crippen LogP contribution in [0.5, 0.6) is 17.2 Å². The highest BCUT2D eigenvalue weighted by molar-refractivity contribution is 5.89. The molecule has 0 bridgehead atoms. The number of pyridine rings is 1. The molecule has 12 nitrogen and oxygen atoms in total. The third-order valence-electron chi connectivity index (χ3n) is 12.1. The number of aromatic amines is 1. The Hall–Kier alpha value is -5.69. The average molecular weight is 759 g/mol. The number of carboxylic acid groups (broad SMARTS) is 1. The molecule has 4 aromatic carbocycles. The van der Waals surface area contributed by atoms with E-state index in [-0.39, 0.29) is 28.9 Å². The Morgan fingerprint density at radius 1 is 0.964 bits per heavy atom. The number of fused-ring (bicyclic) bond motifs is 4. The first-order valence-corrected chi connectivity index (χ1v) is 19.2. The maximum absolute atomic E-state index is 13.1. The number of nitrogens with one attached hydrogen (secondary N) is 2. The predicted molar refractivity (Wildman–Crippen MR) is 212 cm³/mol. The van der Waals surface area contributed by atoms with Gasteiger partial charge in [-0.25, -0.2) is 4.79 Å². The lowest BCUT2D eigenvalue weighted by Gasteiger charge is -2.47. The monoisotopic (exact) mass is 758 g/mol. The molecule has 0 amide bonds. The maximum Gasteiger partial charge on any atom is 0.419 e. The van der Waals surface area contributed by atoms with Crippen LogP contribution in [0.1, 0.15) is 79.4 Å². The molecular weight excluding hydrogens is 713 g/mol. The van der Waals surface area contributed by atoms with Gasteiger partial charge in [0.15, 0.2) is 5.58 Å². The van der Waals surface area contributed by atoms with Crippen molar-refractivity contribution in [3.8, 4) is 17.2 Å². The number of carboxylic acids is 1. The standard InChI is InChI=1S/C44H46N4O8/c1-43(41(52)53)30-10-4-5-13-36(30)55-40-31(43)11-8-12-32(40)44(20-6-3-7-21-44)47(2)22-9-23-48-33-17-14-27(24-37(33)56-42(48)54)25-45-26-35(50)28-15-18-34(49)39-29(28)16-19-38(51)46-39/h4-5,8,10-19,24,35,45,49-50H,3,6-7,9,20-23,25-26H2,1-2H3,(H,46,51)(H,52,53)/t35-,43?/m0/s1. The van der Waals surface area contributed by atoms with Gasteiger partial charge in [0.2, 0.25) is 5.56 Å². The quantitative estimate of drug-likeness (QED) is 0.0912. The third-order valence-corrected chi connectivity index (χ3v) is 12.1. The number of para-hydroxylation sites is 2. The number of rotatable bonds is 12. The molecule has 5 N–H and O–H groups in total. The van der Waals surface area contributed by atoms with Crippen molar-refractivity contribution >= 4 is 28.0 Å². The number of hydrogen-bond donors (Lipinski definition) is 5. The molecule has 2 atom stereocenters. The van der Waals surface area contributed by atoms with E-state index in [0.717, 1.165) is 43.2 Å². The van der Waals surface area contributed by atoms with Crippen molar-refractivity contribution in [2.24, 2.45) is 0 Å². The molecule has 1 unspecified atom stereocenters. The van der Waals surface area contributed by atoms with Gasteiger partial charge in [0, 0.05) is 59.9 Å². The van der Waals surface area contributed by atoms with Crippen LogP contribution in [0.25, 0.3) is 22.0 Å². The Balaban J connectivity index is 0.963. The van der Waals surface area contributed by atoms with Crippen molar-refractivity contribution in [3.05, 3.63) is 134 Å². The fourth-order valence-electron chi connectivity index (χ4n) is 8.98. The molecule has 0 radical (unpaired) electrons. The molecule has 8 rings (SSSR count). The number of nitrogens with zero attached hydrogens (tertiary/aromatic N) is 2. The molecule has 12 heteroatoms. The number of ether oxygens (including phenoxy) is 1. The van der Waals surface area contributed by atoms with Gasteiger partial charge >= 0.3 is 11.7 Å². The second kappa shape index (κ2) is 14.8. The molecule has 1 aliphatic carbocycles. The maximum atomic E-state index is 13.1. The number of aliphatic hydroxyl groups excluding tert-OH is 1. The minimum atomic E-state index is -1.26. The van der Waals surface area contributed by atoms with E-state index in [9.17, 15) is 29.7 Å². The van der Waals surface area contributed by atoms with E-state index in [1.54, 1.807) is 23.6 Å². The van der Waals surface area contributed by atoms with Crippen LogP contribution in [0, 0.1) is 0 Å². The van der Waals surface area contributed by atoms with Crippen molar-refractivity contribution in [1.29, 1.82) is 0 Å². The Labute approximate surface area is 323 Å². The summed E-state index contributed by atoms with van der Waals surface area (Å²) in [5.74, 6) is -0.214. The van der Waals surface area contributed by atoms with Crippen LogP contribution in [-0.4, -0.2) is 55.9 Å². The van der Waals surface area contributed by atoms with E-state index in [0.29, 0.717) is 70.7 Å². The highest BCUT2D eigenvalue weighted by Gasteiger charge is 2.48. The average Bonchev–Trinajstić information content (AvgIpc) is 3.51. The zero-order valence-electron chi connectivity index (χ0n) is 31.5. The van der Waals surface area contributed by atoms with Crippen molar-refractivity contribution < 1.29 is 29.3 Å². The number of phenolic OH excluding ortho intramolecular Hbond substituents is 1. The number of hydrogen-bond acceptors (Lipinski definition) is 9. The minimum absolute atomic E-state index is 0.0671. The predicted octanol–water partition coefficient (Wildman–Crippen LogP) is 6.64. The normalized spacial score (nSPS) is 18.1. The fourth-order valence-corrected chi connectivity index (χ4v) is 8.98. The number of carbonyl (C=O) groups is 1. The summed E-state index contributed by atoms with van der Waals surface area (Å²) in [5, 5.41) is 35.5.